The summed E-state index contributed by atoms with van der Waals surface area (Å²) < 4.78 is 5.74. The normalized spacial score (nSPS) is 10.7. The second kappa shape index (κ2) is 11.5. The van der Waals surface area contributed by atoms with Crippen LogP contribution in [-0.4, -0.2) is 17.5 Å². The molecule has 0 saturated heterocycles. The number of carbonyl (C=O) groups is 1. The molecule has 158 valence electrons. The van der Waals surface area contributed by atoms with Crippen LogP contribution in [0.25, 0.3) is 0 Å². The Labute approximate surface area is 183 Å². The van der Waals surface area contributed by atoms with E-state index in [0.29, 0.717) is 17.3 Å². The topological polar surface area (TPSA) is 51.2 Å². The van der Waals surface area contributed by atoms with Gasteiger partial charge in [0.2, 0.25) is 0 Å². The zero-order valence-electron chi connectivity index (χ0n) is 17.8. The largest absolute Gasteiger partial charge is 0.494 e. The number of aromatic nitrogens is 1. The number of aryl methyl sites for hydroxylation is 1. The number of hydrogen-bond acceptors (Lipinski definition) is 4. The summed E-state index contributed by atoms with van der Waals surface area (Å²) >= 11 is 1.51. The van der Waals surface area contributed by atoms with Crippen molar-refractivity contribution in [1.82, 2.24) is 4.98 Å². The second-order valence-electron chi connectivity index (χ2n) is 7.37. The minimum Gasteiger partial charge on any atom is -0.494 e. The summed E-state index contributed by atoms with van der Waals surface area (Å²) in [5.74, 6) is 0.645. The first-order valence-corrected chi connectivity index (χ1v) is 11.6. The van der Waals surface area contributed by atoms with E-state index in [1.807, 2.05) is 18.3 Å². The van der Waals surface area contributed by atoms with Crippen molar-refractivity contribution < 1.29 is 9.53 Å². The molecule has 0 unspecified atom stereocenters. The van der Waals surface area contributed by atoms with E-state index in [0.717, 1.165) is 29.9 Å². The average Bonchev–Trinajstić information content (AvgIpc) is 3.21. The fourth-order valence-corrected chi connectivity index (χ4v) is 3.97. The lowest BCUT2D eigenvalue weighted by atomic mass is 10.1. The molecule has 1 aromatic heterocycles. The zero-order valence-corrected chi connectivity index (χ0v) is 18.6. The fraction of sp³-hybridized carbons (Fsp3) is 0.360. The van der Waals surface area contributed by atoms with E-state index < -0.39 is 0 Å². The number of carbonyl (C=O) groups excluding carboxylic acids is 1. The number of ether oxygens (including phenoxy) is 1. The lowest BCUT2D eigenvalue weighted by Gasteiger charge is -2.07. The highest BCUT2D eigenvalue weighted by Gasteiger charge is 2.10. The fourth-order valence-electron chi connectivity index (χ4n) is 3.13. The number of thiazole rings is 1. The molecule has 4 nitrogen and oxygen atoms in total. The first-order chi connectivity index (χ1) is 14.7. The Balaban J connectivity index is 1.49. The van der Waals surface area contributed by atoms with Gasteiger partial charge in [0.1, 0.15) is 5.75 Å². The molecule has 2 aromatic carbocycles. The summed E-state index contributed by atoms with van der Waals surface area (Å²) in [6, 6.07) is 15.9. The molecule has 0 aliphatic rings. The zero-order chi connectivity index (χ0) is 21.2. The number of nitrogens with zero attached hydrogens (tertiary/aromatic N) is 1. The summed E-state index contributed by atoms with van der Waals surface area (Å²) in [5.41, 5.74) is 3.18. The number of nitrogens with one attached hydrogen (secondary N) is 1. The maximum atomic E-state index is 12.5. The van der Waals surface area contributed by atoms with E-state index in [1.54, 1.807) is 12.1 Å². The molecule has 1 amide bonds. The highest BCUT2D eigenvalue weighted by Crippen LogP contribution is 2.22. The van der Waals surface area contributed by atoms with Gasteiger partial charge in [0.15, 0.2) is 5.13 Å². The van der Waals surface area contributed by atoms with Gasteiger partial charge in [-0.15, -0.1) is 11.3 Å². The van der Waals surface area contributed by atoms with Crippen molar-refractivity contribution in [3.05, 3.63) is 76.3 Å². The maximum Gasteiger partial charge on any atom is 0.257 e. The molecule has 0 fully saturated rings. The van der Waals surface area contributed by atoms with Crippen molar-refractivity contribution in [3.63, 3.8) is 0 Å². The second-order valence-corrected chi connectivity index (χ2v) is 8.48. The van der Waals surface area contributed by atoms with Gasteiger partial charge in [-0.05, 0) is 48.2 Å². The van der Waals surface area contributed by atoms with Crippen molar-refractivity contribution in [2.75, 3.05) is 11.9 Å². The molecule has 3 aromatic rings. The molecule has 1 heterocycles. The van der Waals surface area contributed by atoms with E-state index in [2.05, 4.69) is 48.4 Å². The third-order valence-electron chi connectivity index (χ3n) is 4.97. The van der Waals surface area contributed by atoms with Gasteiger partial charge in [-0.3, -0.25) is 10.1 Å². The van der Waals surface area contributed by atoms with Gasteiger partial charge >= 0.3 is 0 Å². The van der Waals surface area contributed by atoms with Crippen LogP contribution in [0.2, 0.25) is 0 Å². The van der Waals surface area contributed by atoms with Crippen LogP contribution in [0.4, 0.5) is 5.13 Å². The lowest BCUT2D eigenvalue weighted by Crippen LogP contribution is -2.11. The van der Waals surface area contributed by atoms with E-state index in [4.69, 9.17) is 4.74 Å². The van der Waals surface area contributed by atoms with Gasteiger partial charge in [0.05, 0.1) is 6.61 Å². The molecular formula is C25H30N2O2S. The van der Waals surface area contributed by atoms with E-state index in [1.165, 1.54) is 41.7 Å². The van der Waals surface area contributed by atoms with Crippen molar-refractivity contribution in [3.8, 4) is 5.75 Å². The molecule has 0 radical (unpaired) electrons. The molecule has 30 heavy (non-hydrogen) atoms. The van der Waals surface area contributed by atoms with Gasteiger partial charge in [-0.2, -0.15) is 0 Å². The van der Waals surface area contributed by atoms with Crippen LogP contribution >= 0.6 is 11.3 Å². The molecule has 3 rings (SSSR count). The molecule has 0 aliphatic heterocycles. The van der Waals surface area contributed by atoms with E-state index >= 15 is 0 Å². The van der Waals surface area contributed by atoms with E-state index in [-0.39, 0.29) is 5.91 Å². The number of hydrogen-bond donors (Lipinski definition) is 1. The smallest absolute Gasteiger partial charge is 0.257 e. The van der Waals surface area contributed by atoms with Crippen LogP contribution in [0, 0.1) is 0 Å². The van der Waals surface area contributed by atoms with Gasteiger partial charge < -0.3 is 4.74 Å². The molecule has 0 bridgehead atoms. The molecule has 1 N–H and O–H groups in total. The Morgan fingerprint density at radius 1 is 0.967 bits per heavy atom. The molecular weight excluding hydrogens is 392 g/mol. The molecule has 0 spiro atoms. The quantitative estimate of drug-likeness (QED) is 0.358. The predicted molar refractivity (Wildman–Crippen MR) is 125 cm³/mol. The number of benzene rings is 2. The molecule has 0 aliphatic carbocycles. The Bertz CT molecular complexity index is 917. The lowest BCUT2D eigenvalue weighted by molar-refractivity contribution is 0.102. The minimum atomic E-state index is -0.155. The number of unbranched alkanes of at least 4 members (excludes halogenated alkanes) is 3. The van der Waals surface area contributed by atoms with Crippen LogP contribution in [0.1, 0.15) is 65.9 Å². The Morgan fingerprint density at radius 2 is 1.70 bits per heavy atom. The van der Waals surface area contributed by atoms with Crippen LogP contribution in [0.15, 0.2) is 54.7 Å². The first-order valence-electron chi connectivity index (χ1n) is 10.7. The molecule has 5 heteroatoms. The van der Waals surface area contributed by atoms with Crippen LogP contribution in [0.3, 0.4) is 0 Å². The minimum absolute atomic E-state index is 0.155. The average molecular weight is 423 g/mol. The molecule has 0 atom stereocenters. The van der Waals surface area contributed by atoms with Crippen LogP contribution in [0.5, 0.6) is 5.75 Å². The van der Waals surface area contributed by atoms with Gasteiger partial charge in [-0.25, -0.2) is 4.98 Å². The number of anilines is 1. The Morgan fingerprint density at radius 3 is 2.40 bits per heavy atom. The van der Waals surface area contributed by atoms with Crippen molar-refractivity contribution >= 4 is 22.4 Å². The SMILES string of the molecule is CCCCCCOc1ccc(C(=O)Nc2ncc(Cc3ccc(CC)cc3)s2)cc1. The molecule has 0 saturated carbocycles. The van der Waals surface area contributed by atoms with E-state index in [9.17, 15) is 4.79 Å². The first kappa shape index (κ1) is 22.0. The Kier molecular flexibility index (Phi) is 8.45. The number of amides is 1. The maximum absolute atomic E-state index is 12.5. The Hall–Kier alpha value is -2.66. The highest BCUT2D eigenvalue weighted by molar-refractivity contribution is 7.15. The predicted octanol–water partition coefficient (Wildman–Crippen LogP) is 6.51. The summed E-state index contributed by atoms with van der Waals surface area (Å²) in [6.45, 7) is 5.07. The monoisotopic (exact) mass is 422 g/mol. The van der Waals surface area contributed by atoms with Gasteiger partial charge in [0, 0.05) is 23.1 Å². The van der Waals surface area contributed by atoms with Crippen molar-refractivity contribution in [1.29, 1.82) is 0 Å². The summed E-state index contributed by atoms with van der Waals surface area (Å²) in [6.07, 6.45) is 8.42. The number of rotatable bonds is 11. The van der Waals surface area contributed by atoms with Crippen molar-refractivity contribution in [2.45, 2.75) is 52.4 Å². The summed E-state index contributed by atoms with van der Waals surface area (Å²) in [5, 5.41) is 3.52. The third-order valence-corrected chi connectivity index (χ3v) is 5.88. The third kappa shape index (κ3) is 6.70. The van der Waals surface area contributed by atoms with Crippen LogP contribution in [-0.2, 0) is 12.8 Å². The van der Waals surface area contributed by atoms with Crippen LogP contribution < -0.4 is 10.1 Å². The van der Waals surface area contributed by atoms with Crippen molar-refractivity contribution in [2.24, 2.45) is 0 Å². The summed E-state index contributed by atoms with van der Waals surface area (Å²) in [4.78, 5) is 18.0. The van der Waals surface area contributed by atoms with Gasteiger partial charge in [0.25, 0.3) is 5.91 Å². The highest BCUT2D eigenvalue weighted by atomic mass is 32.1. The summed E-state index contributed by atoms with van der Waals surface area (Å²) in [7, 11) is 0. The standard InChI is InChI=1S/C25H30N2O2S/c1-3-5-6-7-16-29-22-14-12-21(13-15-22)24(28)27-25-26-18-23(30-25)17-20-10-8-19(4-2)9-11-20/h8-15,18H,3-7,16-17H2,1-2H3,(H,26,27,28). The van der Waals surface area contributed by atoms with Gasteiger partial charge in [-0.1, -0.05) is 57.4 Å².